The number of hydrogen-bond acceptors (Lipinski definition) is 3. The van der Waals surface area contributed by atoms with Crippen LogP contribution in [-0.4, -0.2) is 17.2 Å². The summed E-state index contributed by atoms with van der Waals surface area (Å²) in [6, 6.07) is 12.4. The average molecular weight is 613 g/mol. The first kappa shape index (κ1) is 21.8. The maximum atomic E-state index is 11.2. The van der Waals surface area contributed by atoms with E-state index in [4.69, 9.17) is 4.74 Å². The van der Waals surface area contributed by atoms with Crippen LogP contribution in [0.1, 0.15) is 17.4 Å². The highest BCUT2D eigenvalue weighted by Gasteiger charge is 2.22. The Hall–Kier alpha value is -1.41. The monoisotopic (exact) mass is 610 g/mol. The van der Waals surface area contributed by atoms with Gasteiger partial charge in [-0.2, -0.15) is 0 Å². The van der Waals surface area contributed by atoms with Gasteiger partial charge in [-0.25, -0.2) is 4.79 Å². The topological polar surface area (TPSA) is 46.5 Å². The van der Waals surface area contributed by atoms with Crippen LogP contribution in [0.4, 0.5) is 0 Å². The summed E-state index contributed by atoms with van der Waals surface area (Å²) in [7, 11) is 0. The lowest BCUT2D eigenvalue weighted by Crippen LogP contribution is -2.23. The fraction of sp³-hybridized carbons (Fsp3) is 0.174. The van der Waals surface area contributed by atoms with Crippen LogP contribution < -0.4 is 4.74 Å². The van der Waals surface area contributed by atoms with Gasteiger partial charge in [0.05, 0.1) is 13.6 Å². The van der Waals surface area contributed by atoms with E-state index in [0.717, 1.165) is 26.4 Å². The maximum Gasteiger partial charge on any atom is 0.344 e. The molecule has 0 aliphatic carbocycles. The first-order valence-corrected chi connectivity index (χ1v) is 12.4. The molecule has 3 aromatic carbocycles. The molecule has 4 aromatic rings. The van der Waals surface area contributed by atoms with E-state index in [2.05, 4.69) is 79.8 Å². The molecule has 0 spiro atoms. The van der Waals surface area contributed by atoms with Gasteiger partial charge in [0.1, 0.15) is 5.75 Å². The number of benzene rings is 3. The standard InChI is InChI=1S/C23H17Br3O3S/c1-10-12(3)30-22-18(10)19(14-6-4-5-7-15(14)20(22)26)13-8-16(24)21(17(25)9-13)29-11(2)23(27)28/h4-9,11H,1-3H3,(H,27,28)/t11-/m1/s1. The second kappa shape index (κ2) is 8.26. The third-order valence-corrected chi connectivity index (χ3v) is 8.69. The summed E-state index contributed by atoms with van der Waals surface area (Å²) in [4.78, 5) is 12.5. The molecule has 1 atom stereocenters. The lowest BCUT2D eigenvalue weighted by Gasteiger charge is -2.17. The fourth-order valence-electron chi connectivity index (χ4n) is 3.58. The summed E-state index contributed by atoms with van der Waals surface area (Å²) in [5.74, 6) is -0.535. The van der Waals surface area contributed by atoms with Gasteiger partial charge >= 0.3 is 5.97 Å². The van der Waals surface area contributed by atoms with Gasteiger partial charge in [0, 0.05) is 14.7 Å². The Morgan fingerprint density at radius 2 is 1.67 bits per heavy atom. The molecule has 0 saturated carbocycles. The molecule has 3 nitrogen and oxygen atoms in total. The van der Waals surface area contributed by atoms with Crippen LogP contribution >= 0.6 is 59.1 Å². The number of carboxylic acids is 1. The molecule has 0 saturated heterocycles. The van der Waals surface area contributed by atoms with Crippen LogP contribution in [0.2, 0.25) is 0 Å². The highest BCUT2D eigenvalue weighted by atomic mass is 79.9. The molecule has 1 aromatic heterocycles. The Bertz CT molecular complexity index is 1300. The minimum absolute atomic E-state index is 0.476. The number of carbonyl (C=O) groups is 1. The van der Waals surface area contributed by atoms with Crippen LogP contribution in [0.5, 0.6) is 5.75 Å². The molecule has 1 N–H and O–H groups in total. The van der Waals surface area contributed by atoms with Crippen LogP contribution in [0.25, 0.3) is 32.0 Å². The van der Waals surface area contributed by atoms with E-state index in [1.807, 2.05) is 18.2 Å². The molecular formula is C23H17Br3O3S. The lowest BCUT2D eigenvalue weighted by molar-refractivity contribution is -0.144. The number of carboxylic acid groups (broad SMARTS) is 1. The van der Waals surface area contributed by atoms with Crippen molar-refractivity contribution in [2.24, 2.45) is 0 Å². The second-order valence-electron chi connectivity index (χ2n) is 7.09. The van der Waals surface area contributed by atoms with Gasteiger partial charge in [-0.1, -0.05) is 24.3 Å². The zero-order chi connectivity index (χ0) is 21.7. The quantitative estimate of drug-likeness (QED) is 0.251. The smallest absolute Gasteiger partial charge is 0.344 e. The fourth-order valence-corrected chi connectivity index (χ4v) is 6.85. The Labute approximate surface area is 203 Å². The van der Waals surface area contributed by atoms with Crippen molar-refractivity contribution in [3.8, 4) is 16.9 Å². The van der Waals surface area contributed by atoms with Gasteiger partial charge in [-0.05, 0) is 108 Å². The van der Waals surface area contributed by atoms with Crippen molar-refractivity contribution in [3.63, 3.8) is 0 Å². The van der Waals surface area contributed by atoms with E-state index in [9.17, 15) is 9.90 Å². The Morgan fingerprint density at radius 1 is 1.07 bits per heavy atom. The predicted octanol–water partition coefficient (Wildman–Crippen LogP) is 8.48. The van der Waals surface area contributed by atoms with Crippen LogP contribution in [0.3, 0.4) is 0 Å². The van der Waals surface area contributed by atoms with Crippen molar-refractivity contribution in [2.45, 2.75) is 26.9 Å². The number of aryl methyl sites for hydroxylation is 2. The number of fused-ring (bicyclic) bond motifs is 2. The lowest BCUT2D eigenvalue weighted by atomic mass is 9.93. The van der Waals surface area contributed by atoms with Crippen molar-refractivity contribution in [2.75, 3.05) is 0 Å². The Balaban J connectivity index is 2.04. The van der Waals surface area contributed by atoms with Crippen molar-refractivity contribution < 1.29 is 14.6 Å². The van der Waals surface area contributed by atoms with E-state index in [0.29, 0.717) is 14.7 Å². The summed E-state index contributed by atoms with van der Waals surface area (Å²) < 4.78 is 9.39. The molecule has 0 fully saturated rings. The SMILES string of the molecule is Cc1sc2c(Br)c3ccccc3c(-c3cc(Br)c(O[C@H](C)C(=O)O)c(Br)c3)c2c1C. The normalized spacial score (nSPS) is 12.5. The van der Waals surface area contributed by atoms with Gasteiger partial charge in [0.2, 0.25) is 0 Å². The minimum Gasteiger partial charge on any atom is -0.479 e. The second-order valence-corrected chi connectivity index (χ2v) is 10.8. The molecule has 0 aliphatic rings. The van der Waals surface area contributed by atoms with Gasteiger partial charge < -0.3 is 9.84 Å². The van der Waals surface area contributed by atoms with Crippen LogP contribution in [-0.2, 0) is 4.79 Å². The average Bonchev–Trinajstić information content (AvgIpc) is 3.00. The number of halogens is 3. The van der Waals surface area contributed by atoms with Gasteiger partial charge in [0.25, 0.3) is 0 Å². The third kappa shape index (κ3) is 3.60. The molecule has 0 unspecified atom stereocenters. The molecule has 0 bridgehead atoms. The zero-order valence-corrected chi connectivity index (χ0v) is 21.9. The summed E-state index contributed by atoms with van der Waals surface area (Å²) >= 11 is 12.8. The molecule has 4 rings (SSSR count). The summed E-state index contributed by atoms with van der Waals surface area (Å²) in [6.45, 7) is 5.82. The van der Waals surface area contributed by atoms with E-state index in [-0.39, 0.29) is 0 Å². The molecule has 1 heterocycles. The van der Waals surface area contributed by atoms with Gasteiger partial charge in [0.15, 0.2) is 6.10 Å². The number of ether oxygens (including phenoxy) is 1. The third-order valence-electron chi connectivity index (χ3n) is 5.20. The summed E-state index contributed by atoms with van der Waals surface area (Å²) in [5.41, 5.74) is 3.45. The van der Waals surface area contributed by atoms with Crippen LogP contribution in [0, 0.1) is 13.8 Å². The first-order chi connectivity index (χ1) is 14.2. The van der Waals surface area contributed by atoms with Crippen LogP contribution in [0.15, 0.2) is 49.8 Å². The molecular weight excluding hydrogens is 596 g/mol. The summed E-state index contributed by atoms with van der Waals surface area (Å²) in [6.07, 6.45) is -0.953. The maximum absolute atomic E-state index is 11.2. The molecule has 30 heavy (non-hydrogen) atoms. The molecule has 7 heteroatoms. The molecule has 154 valence electrons. The van der Waals surface area contributed by atoms with Crippen molar-refractivity contribution in [3.05, 3.63) is 60.3 Å². The predicted molar refractivity (Wildman–Crippen MR) is 135 cm³/mol. The Morgan fingerprint density at radius 3 is 2.27 bits per heavy atom. The van der Waals surface area contributed by atoms with Gasteiger partial charge in [-0.15, -0.1) is 11.3 Å². The molecule has 0 aliphatic heterocycles. The summed E-state index contributed by atoms with van der Waals surface area (Å²) in [5, 5.41) is 12.7. The van der Waals surface area contributed by atoms with Crippen molar-refractivity contribution >= 4 is 86.0 Å². The number of aliphatic carboxylic acids is 1. The minimum atomic E-state index is -1.01. The number of thiophene rings is 1. The molecule has 0 radical (unpaired) electrons. The number of rotatable bonds is 4. The highest BCUT2D eigenvalue weighted by Crippen LogP contribution is 2.48. The number of hydrogen-bond donors (Lipinski definition) is 1. The Kier molecular flexibility index (Phi) is 6.01. The van der Waals surface area contributed by atoms with E-state index in [1.165, 1.54) is 27.5 Å². The zero-order valence-electron chi connectivity index (χ0n) is 16.3. The van der Waals surface area contributed by atoms with Crippen molar-refractivity contribution in [1.82, 2.24) is 0 Å². The van der Waals surface area contributed by atoms with Crippen molar-refractivity contribution in [1.29, 1.82) is 0 Å². The van der Waals surface area contributed by atoms with Gasteiger partial charge in [-0.3, -0.25) is 0 Å². The van der Waals surface area contributed by atoms with E-state index in [1.54, 1.807) is 11.3 Å². The first-order valence-electron chi connectivity index (χ1n) is 9.19. The molecule has 0 amide bonds. The van der Waals surface area contributed by atoms with E-state index < -0.39 is 12.1 Å². The highest BCUT2D eigenvalue weighted by molar-refractivity contribution is 9.11. The van der Waals surface area contributed by atoms with E-state index >= 15 is 0 Å². The largest absolute Gasteiger partial charge is 0.479 e.